The van der Waals surface area contributed by atoms with Crippen molar-refractivity contribution in [2.75, 3.05) is 19.6 Å². The Kier molecular flexibility index (Phi) is 8.15. The molecule has 1 fully saturated rings. The monoisotopic (exact) mass is 203 g/mol. The number of hydrogen-bond acceptors (Lipinski definition) is 0. The highest BCUT2D eigenvalue weighted by Gasteiger charge is 2.20. The summed E-state index contributed by atoms with van der Waals surface area (Å²) in [6.45, 7) is 8.98. The third-order valence-corrected chi connectivity index (χ3v) is 3.43. The normalized spacial score (nSPS) is 27.0. The average Bonchev–Trinajstić information content (AvgIpc) is 2.19. The predicted octanol–water partition coefficient (Wildman–Crippen LogP) is -1.11. The van der Waals surface area contributed by atoms with Gasteiger partial charge in [-0.05, 0) is 32.1 Å². The Morgan fingerprint density at radius 3 is 2.64 bits per heavy atom. The summed E-state index contributed by atoms with van der Waals surface area (Å²) in [5.74, 6) is 1.03. The topological polar surface area (TPSA) is 4.44 Å². The minimum atomic E-state index is 0. The summed E-state index contributed by atoms with van der Waals surface area (Å²) in [6, 6.07) is 0. The number of quaternary nitrogens is 1. The van der Waals surface area contributed by atoms with Crippen LogP contribution in [0.5, 0.6) is 0 Å². The zero-order valence-corrected chi connectivity index (χ0v) is 9.82. The van der Waals surface area contributed by atoms with Crippen LogP contribution in [-0.4, -0.2) is 19.6 Å². The van der Waals surface area contributed by atoms with Gasteiger partial charge in [0.2, 0.25) is 0 Å². The van der Waals surface area contributed by atoms with Crippen molar-refractivity contribution in [3.05, 3.63) is 0 Å². The number of nitrogens with one attached hydrogen (secondary N) is 1. The molecule has 0 bridgehead atoms. The van der Waals surface area contributed by atoms with E-state index in [1.807, 2.05) is 4.90 Å². The molecule has 1 N–H and O–H groups in total. The number of hydrogen-bond donors (Lipinski definition) is 1. The summed E-state index contributed by atoms with van der Waals surface area (Å²) in [7, 11) is 0. The summed E-state index contributed by atoms with van der Waals surface area (Å²) in [5, 5.41) is 0. The molecule has 2 heteroatoms. The van der Waals surface area contributed by atoms with Gasteiger partial charge in [0.05, 0.1) is 19.6 Å². The first kappa shape index (κ1) is 13.9. The van der Waals surface area contributed by atoms with Crippen LogP contribution in [0.3, 0.4) is 0 Å². The van der Waals surface area contributed by atoms with Gasteiger partial charge in [-0.3, -0.25) is 0 Å². The van der Waals surface area contributed by atoms with Gasteiger partial charge < -0.3 is 9.60 Å². The Hall–Kier alpha value is -0.110. The fourth-order valence-corrected chi connectivity index (χ4v) is 2.45. The first-order valence-electron chi connectivity index (χ1n) is 6.20. The van der Waals surface area contributed by atoms with Gasteiger partial charge in [-0.25, -0.2) is 0 Å². The molecule has 1 saturated heterocycles. The van der Waals surface area contributed by atoms with E-state index in [0.717, 1.165) is 5.92 Å². The van der Waals surface area contributed by atoms with E-state index in [1.165, 1.54) is 58.2 Å². The maximum atomic E-state index is 2.35. The molecule has 0 aromatic heterocycles. The maximum absolute atomic E-state index is 2.35. The SMILES string of the molecule is CCCCC[NH+]1CCCC(CC)C1.[F-]. The van der Waals surface area contributed by atoms with Crippen molar-refractivity contribution in [1.29, 1.82) is 0 Å². The average molecular weight is 203 g/mol. The van der Waals surface area contributed by atoms with E-state index in [9.17, 15) is 0 Å². The molecule has 0 aromatic rings. The van der Waals surface area contributed by atoms with Crippen LogP contribution >= 0.6 is 0 Å². The van der Waals surface area contributed by atoms with Crippen LogP contribution in [-0.2, 0) is 0 Å². The van der Waals surface area contributed by atoms with Crippen molar-refractivity contribution in [1.82, 2.24) is 0 Å². The van der Waals surface area contributed by atoms with Crippen LogP contribution in [0.1, 0.15) is 52.4 Å². The quantitative estimate of drug-likeness (QED) is 0.540. The van der Waals surface area contributed by atoms with E-state index in [1.54, 1.807) is 0 Å². The van der Waals surface area contributed by atoms with Gasteiger partial charge in [-0.2, -0.15) is 0 Å². The molecule has 1 heterocycles. The minimum Gasteiger partial charge on any atom is -1.00 e. The van der Waals surface area contributed by atoms with Crippen molar-refractivity contribution >= 4 is 0 Å². The van der Waals surface area contributed by atoms with Gasteiger partial charge >= 0.3 is 0 Å². The molecule has 0 aliphatic carbocycles. The molecule has 14 heavy (non-hydrogen) atoms. The number of unbranched alkanes of at least 4 members (excludes halogenated alkanes) is 2. The van der Waals surface area contributed by atoms with Crippen LogP contribution in [0.25, 0.3) is 0 Å². The standard InChI is InChI=1S/C12H25N.FH/c1-3-5-6-9-13-10-7-8-12(4-2)11-13;/h12H,3-11H2,1-2H3;1H. The molecule has 0 amide bonds. The summed E-state index contributed by atoms with van der Waals surface area (Å²) in [4.78, 5) is 1.88. The summed E-state index contributed by atoms with van der Waals surface area (Å²) in [5.41, 5.74) is 0. The molecule has 0 aromatic carbocycles. The van der Waals surface area contributed by atoms with Crippen molar-refractivity contribution in [3.63, 3.8) is 0 Å². The number of likely N-dealkylation sites (tertiary alicyclic amines) is 1. The highest BCUT2D eigenvalue weighted by molar-refractivity contribution is 4.59. The van der Waals surface area contributed by atoms with Crippen molar-refractivity contribution in [3.8, 4) is 0 Å². The van der Waals surface area contributed by atoms with Gasteiger partial charge in [0.1, 0.15) is 0 Å². The molecular weight excluding hydrogens is 177 g/mol. The van der Waals surface area contributed by atoms with Crippen molar-refractivity contribution in [2.45, 2.75) is 52.4 Å². The lowest BCUT2D eigenvalue weighted by Crippen LogP contribution is -3.13. The first-order valence-corrected chi connectivity index (χ1v) is 6.20. The van der Waals surface area contributed by atoms with Gasteiger partial charge in [0.25, 0.3) is 0 Å². The van der Waals surface area contributed by atoms with E-state index >= 15 is 0 Å². The Bertz CT molecular complexity index is 127. The second-order valence-corrected chi connectivity index (χ2v) is 4.58. The zero-order chi connectivity index (χ0) is 9.52. The molecule has 1 nitrogen and oxygen atoms in total. The summed E-state index contributed by atoms with van der Waals surface area (Å²) < 4.78 is 0. The van der Waals surface area contributed by atoms with Crippen LogP contribution in [0.4, 0.5) is 0 Å². The number of rotatable bonds is 5. The zero-order valence-electron chi connectivity index (χ0n) is 9.82. The van der Waals surface area contributed by atoms with Crippen LogP contribution in [0.15, 0.2) is 0 Å². The third-order valence-electron chi connectivity index (χ3n) is 3.43. The first-order chi connectivity index (χ1) is 6.36. The van der Waals surface area contributed by atoms with E-state index < -0.39 is 0 Å². The molecule has 1 aliphatic heterocycles. The van der Waals surface area contributed by atoms with Crippen molar-refractivity contribution in [2.24, 2.45) is 5.92 Å². The predicted molar refractivity (Wildman–Crippen MR) is 58.1 cm³/mol. The Balaban J connectivity index is 0.00000169. The number of piperidine rings is 1. The highest BCUT2D eigenvalue weighted by Crippen LogP contribution is 2.10. The van der Waals surface area contributed by atoms with Gasteiger partial charge in [-0.15, -0.1) is 0 Å². The fourth-order valence-electron chi connectivity index (χ4n) is 2.45. The molecule has 0 radical (unpaired) electrons. The molecular formula is C12H26FN. The molecule has 1 rings (SSSR count). The Morgan fingerprint density at radius 2 is 2.00 bits per heavy atom. The maximum Gasteiger partial charge on any atom is 0.0799 e. The Morgan fingerprint density at radius 1 is 1.21 bits per heavy atom. The van der Waals surface area contributed by atoms with Gasteiger partial charge in [-0.1, -0.05) is 20.3 Å². The summed E-state index contributed by atoms with van der Waals surface area (Å²) >= 11 is 0. The molecule has 2 atom stereocenters. The second-order valence-electron chi connectivity index (χ2n) is 4.58. The summed E-state index contributed by atoms with van der Waals surface area (Å²) in [6.07, 6.45) is 8.61. The molecule has 86 valence electrons. The lowest BCUT2D eigenvalue weighted by molar-refractivity contribution is -0.909. The fraction of sp³-hybridized carbons (Fsp3) is 1.00. The second kappa shape index (κ2) is 8.22. The van der Waals surface area contributed by atoms with Crippen LogP contribution < -0.4 is 9.60 Å². The largest absolute Gasteiger partial charge is 1.00 e. The van der Waals surface area contributed by atoms with Gasteiger partial charge in [0.15, 0.2) is 0 Å². The van der Waals surface area contributed by atoms with Gasteiger partial charge in [0, 0.05) is 5.92 Å². The molecule has 0 spiro atoms. The Labute approximate surface area is 88.2 Å². The van der Waals surface area contributed by atoms with Crippen LogP contribution in [0, 0.1) is 5.92 Å². The minimum absolute atomic E-state index is 0. The number of halogens is 1. The lowest BCUT2D eigenvalue weighted by atomic mass is 9.95. The smallest absolute Gasteiger partial charge is 0.0799 e. The van der Waals surface area contributed by atoms with E-state index in [2.05, 4.69) is 13.8 Å². The molecule has 0 saturated carbocycles. The van der Waals surface area contributed by atoms with E-state index in [4.69, 9.17) is 0 Å². The highest BCUT2D eigenvalue weighted by atomic mass is 19.0. The van der Waals surface area contributed by atoms with E-state index in [0.29, 0.717) is 0 Å². The van der Waals surface area contributed by atoms with E-state index in [-0.39, 0.29) is 4.70 Å². The van der Waals surface area contributed by atoms with Crippen LogP contribution in [0.2, 0.25) is 0 Å². The lowest BCUT2D eigenvalue weighted by Gasteiger charge is -2.29. The molecule has 2 unspecified atom stereocenters. The molecule has 1 aliphatic rings. The van der Waals surface area contributed by atoms with Crippen molar-refractivity contribution < 1.29 is 9.60 Å². The third kappa shape index (κ3) is 4.94.